The number of hydrogen-bond acceptors (Lipinski definition) is 3. The lowest BCUT2D eigenvalue weighted by Gasteiger charge is -2.05. The van der Waals surface area contributed by atoms with Crippen LogP contribution in [0.25, 0.3) is 0 Å². The fourth-order valence-electron chi connectivity index (χ4n) is 1.22. The molecule has 0 spiro atoms. The number of aryl methyl sites for hydroxylation is 1. The second-order valence-corrected chi connectivity index (χ2v) is 3.04. The summed E-state index contributed by atoms with van der Waals surface area (Å²) in [6.07, 6.45) is 7.26. The number of rotatable bonds is 3. The monoisotopic (exact) mass is 188 g/mol. The van der Waals surface area contributed by atoms with Gasteiger partial charge in [0.2, 0.25) is 0 Å². The fourth-order valence-corrected chi connectivity index (χ4v) is 1.22. The Balaban J connectivity index is 1.99. The van der Waals surface area contributed by atoms with Gasteiger partial charge in [0.05, 0.1) is 6.54 Å². The third kappa shape index (κ3) is 1.90. The van der Waals surface area contributed by atoms with Crippen LogP contribution in [0.15, 0.2) is 36.9 Å². The molecule has 0 saturated carbocycles. The normalized spacial score (nSPS) is 10.1. The number of aromatic nitrogens is 3. The number of pyridine rings is 1. The first-order valence-corrected chi connectivity index (χ1v) is 4.46. The Morgan fingerprint density at radius 1 is 1.29 bits per heavy atom. The molecule has 0 amide bonds. The Kier molecular flexibility index (Phi) is 2.44. The van der Waals surface area contributed by atoms with Crippen molar-refractivity contribution in [1.29, 1.82) is 0 Å². The van der Waals surface area contributed by atoms with Gasteiger partial charge in [-0.2, -0.15) is 0 Å². The minimum absolute atomic E-state index is 0.730. The van der Waals surface area contributed by atoms with Gasteiger partial charge in [0, 0.05) is 37.5 Å². The van der Waals surface area contributed by atoms with Crippen LogP contribution in [0.3, 0.4) is 0 Å². The maximum absolute atomic E-state index is 4.22. The van der Waals surface area contributed by atoms with Crippen LogP contribution >= 0.6 is 0 Å². The van der Waals surface area contributed by atoms with Gasteiger partial charge in [0.15, 0.2) is 0 Å². The minimum atomic E-state index is 0.730. The number of hydrogen-bond donors (Lipinski definition) is 1. The zero-order chi connectivity index (χ0) is 9.80. The Morgan fingerprint density at radius 3 is 2.71 bits per heavy atom. The summed E-state index contributed by atoms with van der Waals surface area (Å²) in [5.41, 5.74) is 1.06. The van der Waals surface area contributed by atoms with Crippen molar-refractivity contribution in [1.82, 2.24) is 14.5 Å². The van der Waals surface area contributed by atoms with Gasteiger partial charge in [0.25, 0.3) is 0 Å². The van der Waals surface area contributed by atoms with E-state index in [-0.39, 0.29) is 0 Å². The SMILES string of the molecule is Cn1ccnc1CNc1ccncc1. The molecule has 72 valence electrons. The van der Waals surface area contributed by atoms with E-state index in [0.29, 0.717) is 0 Å². The third-order valence-electron chi connectivity index (χ3n) is 2.05. The molecule has 0 unspecified atom stereocenters. The zero-order valence-electron chi connectivity index (χ0n) is 8.01. The Hall–Kier alpha value is -1.84. The molecule has 0 aliphatic carbocycles. The topological polar surface area (TPSA) is 42.7 Å². The predicted molar refractivity (Wildman–Crippen MR) is 54.8 cm³/mol. The molecule has 0 bridgehead atoms. The van der Waals surface area contributed by atoms with Crippen molar-refractivity contribution < 1.29 is 0 Å². The molecule has 0 aromatic carbocycles. The van der Waals surface area contributed by atoms with E-state index in [1.807, 2.05) is 29.9 Å². The summed E-state index contributed by atoms with van der Waals surface area (Å²) in [4.78, 5) is 8.16. The zero-order valence-corrected chi connectivity index (χ0v) is 8.01. The van der Waals surface area contributed by atoms with E-state index >= 15 is 0 Å². The van der Waals surface area contributed by atoms with Crippen LogP contribution in [0.4, 0.5) is 5.69 Å². The van der Waals surface area contributed by atoms with Crippen molar-refractivity contribution >= 4 is 5.69 Å². The molecule has 2 heterocycles. The first kappa shape index (κ1) is 8.74. The maximum atomic E-state index is 4.22. The second kappa shape index (κ2) is 3.91. The van der Waals surface area contributed by atoms with Crippen LogP contribution in [0.2, 0.25) is 0 Å². The summed E-state index contributed by atoms with van der Waals surface area (Å²) in [6, 6.07) is 3.87. The average Bonchev–Trinajstić information content (AvgIpc) is 2.63. The van der Waals surface area contributed by atoms with E-state index in [0.717, 1.165) is 18.1 Å². The molecule has 4 nitrogen and oxygen atoms in total. The third-order valence-corrected chi connectivity index (χ3v) is 2.05. The van der Waals surface area contributed by atoms with Crippen LogP contribution in [-0.4, -0.2) is 14.5 Å². The van der Waals surface area contributed by atoms with Crippen LogP contribution < -0.4 is 5.32 Å². The molecule has 4 heteroatoms. The van der Waals surface area contributed by atoms with Crippen molar-refractivity contribution in [3.05, 3.63) is 42.7 Å². The number of imidazole rings is 1. The highest BCUT2D eigenvalue weighted by Gasteiger charge is 1.97. The second-order valence-electron chi connectivity index (χ2n) is 3.04. The lowest BCUT2D eigenvalue weighted by molar-refractivity contribution is 0.813. The summed E-state index contributed by atoms with van der Waals surface area (Å²) in [7, 11) is 1.98. The number of nitrogens with zero attached hydrogens (tertiary/aromatic N) is 3. The first-order chi connectivity index (χ1) is 6.86. The summed E-state index contributed by atoms with van der Waals surface area (Å²) in [5, 5.41) is 3.26. The molecule has 2 rings (SSSR count). The standard InChI is InChI=1S/C10H12N4/c1-14-7-6-12-10(14)8-13-9-2-4-11-5-3-9/h2-7H,8H2,1H3,(H,11,13). The Bertz CT molecular complexity index is 394. The quantitative estimate of drug-likeness (QED) is 0.792. The van der Waals surface area contributed by atoms with Gasteiger partial charge in [-0.25, -0.2) is 4.98 Å². The van der Waals surface area contributed by atoms with Gasteiger partial charge < -0.3 is 9.88 Å². The van der Waals surface area contributed by atoms with E-state index in [1.165, 1.54) is 0 Å². The van der Waals surface area contributed by atoms with Gasteiger partial charge in [-0.05, 0) is 12.1 Å². The van der Waals surface area contributed by atoms with E-state index < -0.39 is 0 Å². The molecule has 0 aliphatic rings. The number of nitrogens with one attached hydrogen (secondary N) is 1. The number of anilines is 1. The minimum Gasteiger partial charge on any atom is -0.378 e. The molecule has 0 saturated heterocycles. The maximum Gasteiger partial charge on any atom is 0.127 e. The largest absolute Gasteiger partial charge is 0.378 e. The average molecular weight is 188 g/mol. The molecule has 14 heavy (non-hydrogen) atoms. The van der Waals surface area contributed by atoms with Crippen LogP contribution in [0.1, 0.15) is 5.82 Å². The van der Waals surface area contributed by atoms with E-state index in [2.05, 4.69) is 15.3 Å². The molecular formula is C10H12N4. The lowest BCUT2D eigenvalue weighted by Crippen LogP contribution is -2.05. The predicted octanol–water partition coefficient (Wildman–Crippen LogP) is 1.43. The van der Waals surface area contributed by atoms with Gasteiger partial charge in [-0.1, -0.05) is 0 Å². The lowest BCUT2D eigenvalue weighted by atomic mass is 10.4. The van der Waals surface area contributed by atoms with Gasteiger partial charge in [-0.15, -0.1) is 0 Å². The molecule has 0 aliphatic heterocycles. The van der Waals surface area contributed by atoms with Gasteiger partial charge in [0.1, 0.15) is 5.82 Å². The van der Waals surface area contributed by atoms with Crippen molar-refractivity contribution in [2.24, 2.45) is 7.05 Å². The molecule has 1 N–H and O–H groups in total. The van der Waals surface area contributed by atoms with E-state index in [4.69, 9.17) is 0 Å². The molecule has 2 aromatic rings. The van der Waals surface area contributed by atoms with Crippen molar-refractivity contribution in [3.63, 3.8) is 0 Å². The fraction of sp³-hybridized carbons (Fsp3) is 0.200. The molecule has 0 fully saturated rings. The van der Waals surface area contributed by atoms with E-state index in [9.17, 15) is 0 Å². The molecule has 2 aromatic heterocycles. The highest BCUT2D eigenvalue weighted by atomic mass is 15.1. The summed E-state index contributed by atoms with van der Waals surface area (Å²) in [5.74, 6) is 1.02. The Labute approximate surface area is 82.6 Å². The van der Waals surface area contributed by atoms with Crippen molar-refractivity contribution in [2.45, 2.75) is 6.54 Å². The summed E-state index contributed by atoms with van der Waals surface area (Å²) < 4.78 is 1.99. The highest BCUT2D eigenvalue weighted by Crippen LogP contribution is 2.05. The van der Waals surface area contributed by atoms with Crippen LogP contribution in [0, 0.1) is 0 Å². The smallest absolute Gasteiger partial charge is 0.127 e. The van der Waals surface area contributed by atoms with Crippen molar-refractivity contribution in [2.75, 3.05) is 5.32 Å². The van der Waals surface area contributed by atoms with Crippen molar-refractivity contribution in [3.8, 4) is 0 Å². The van der Waals surface area contributed by atoms with E-state index in [1.54, 1.807) is 18.6 Å². The summed E-state index contributed by atoms with van der Waals surface area (Å²) >= 11 is 0. The first-order valence-electron chi connectivity index (χ1n) is 4.46. The van der Waals surface area contributed by atoms with Crippen LogP contribution in [-0.2, 0) is 13.6 Å². The molecule has 0 radical (unpaired) electrons. The molecule has 0 atom stereocenters. The molecular weight excluding hydrogens is 176 g/mol. The van der Waals surface area contributed by atoms with Gasteiger partial charge in [-0.3, -0.25) is 4.98 Å². The highest BCUT2D eigenvalue weighted by molar-refractivity contribution is 5.40. The van der Waals surface area contributed by atoms with Gasteiger partial charge >= 0.3 is 0 Å². The van der Waals surface area contributed by atoms with Crippen LogP contribution in [0.5, 0.6) is 0 Å². The summed E-state index contributed by atoms with van der Waals surface area (Å²) in [6.45, 7) is 0.730. The Morgan fingerprint density at radius 2 is 2.07 bits per heavy atom.